The fourth-order valence-electron chi connectivity index (χ4n) is 3.56. The molecule has 18 heavy (non-hydrogen) atoms. The summed E-state index contributed by atoms with van der Waals surface area (Å²) in [5.74, 6) is 2.45. The summed E-state index contributed by atoms with van der Waals surface area (Å²) in [5.41, 5.74) is 1.41. The van der Waals surface area contributed by atoms with Gasteiger partial charge in [-0.1, -0.05) is 0 Å². The van der Waals surface area contributed by atoms with Crippen LogP contribution in [0.25, 0.3) is 0 Å². The molecular formula is C14H22N4. The smallest absolute Gasteiger partial charge is 0.125 e. The molecule has 0 aromatic carbocycles. The van der Waals surface area contributed by atoms with Gasteiger partial charge in [0.2, 0.25) is 0 Å². The van der Waals surface area contributed by atoms with Gasteiger partial charge < -0.3 is 5.32 Å². The van der Waals surface area contributed by atoms with Crippen LogP contribution in [0.1, 0.15) is 25.4 Å². The third-order valence-electron chi connectivity index (χ3n) is 4.70. The van der Waals surface area contributed by atoms with E-state index in [2.05, 4.69) is 34.0 Å². The molecule has 0 amide bonds. The van der Waals surface area contributed by atoms with Gasteiger partial charge in [0.15, 0.2) is 0 Å². The minimum Gasteiger partial charge on any atom is -0.316 e. The Hall–Kier alpha value is -1.00. The van der Waals surface area contributed by atoms with Gasteiger partial charge in [0, 0.05) is 31.4 Å². The predicted molar refractivity (Wildman–Crippen MR) is 71.1 cm³/mol. The molecule has 4 nitrogen and oxygen atoms in total. The van der Waals surface area contributed by atoms with Gasteiger partial charge in [0.25, 0.3) is 0 Å². The quantitative estimate of drug-likeness (QED) is 0.852. The first kappa shape index (κ1) is 12.1. The zero-order valence-corrected chi connectivity index (χ0v) is 11.5. The van der Waals surface area contributed by atoms with Crippen molar-refractivity contribution in [2.45, 2.75) is 32.9 Å². The molecule has 98 valence electrons. The highest BCUT2D eigenvalue weighted by Crippen LogP contribution is 2.41. The second-order valence-corrected chi connectivity index (χ2v) is 6.15. The summed E-state index contributed by atoms with van der Waals surface area (Å²) in [6, 6.07) is 2.04. The maximum atomic E-state index is 4.53. The van der Waals surface area contributed by atoms with E-state index in [0.717, 1.165) is 36.4 Å². The first-order chi connectivity index (χ1) is 8.57. The fourth-order valence-corrected chi connectivity index (χ4v) is 3.56. The topological polar surface area (TPSA) is 41.1 Å². The molecule has 2 unspecified atom stereocenters. The van der Waals surface area contributed by atoms with Crippen LogP contribution in [-0.2, 0) is 6.54 Å². The number of likely N-dealkylation sites (tertiary alicyclic amines) is 1. The molecule has 0 bridgehead atoms. The molecule has 2 saturated heterocycles. The molecule has 2 aliphatic rings. The number of nitrogens with one attached hydrogen (secondary N) is 1. The molecule has 2 fully saturated rings. The number of aryl methyl sites for hydroxylation is 1. The van der Waals surface area contributed by atoms with Crippen molar-refractivity contribution in [1.29, 1.82) is 0 Å². The summed E-state index contributed by atoms with van der Waals surface area (Å²) in [7, 11) is 0. The maximum absolute atomic E-state index is 4.53. The van der Waals surface area contributed by atoms with Crippen LogP contribution >= 0.6 is 0 Å². The van der Waals surface area contributed by atoms with Crippen molar-refractivity contribution in [2.24, 2.45) is 11.8 Å². The number of aromatic nitrogens is 2. The van der Waals surface area contributed by atoms with Gasteiger partial charge in [0.1, 0.15) is 5.82 Å². The van der Waals surface area contributed by atoms with Gasteiger partial charge in [0.05, 0.1) is 5.69 Å². The molecular weight excluding hydrogens is 224 g/mol. The summed E-state index contributed by atoms with van der Waals surface area (Å²) in [6.45, 7) is 11.2. The maximum Gasteiger partial charge on any atom is 0.125 e. The molecule has 0 saturated carbocycles. The summed E-state index contributed by atoms with van der Waals surface area (Å²) >= 11 is 0. The van der Waals surface area contributed by atoms with Crippen LogP contribution in [0.15, 0.2) is 12.3 Å². The van der Waals surface area contributed by atoms with Crippen LogP contribution in [0.5, 0.6) is 0 Å². The third kappa shape index (κ3) is 1.93. The van der Waals surface area contributed by atoms with Crippen LogP contribution in [-0.4, -0.2) is 40.0 Å². The predicted octanol–water partition coefficient (Wildman–Crippen LogP) is 1.21. The van der Waals surface area contributed by atoms with E-state index >= 15 is 0 Å². The lowest BCUT2D eigenvalue weighted by molar-refractivity contribution is 0.130. The molecule has 1 N–H and O–H groups in total. The second kappa shape index (κ2) is 4.28. The van der Waals surface area contributed by atoms with Crippen LogP contribution in [0.2, 0.25) is 0 Å². The Balaban J connectivity index is 1.77. The zero-order valence-electron chi connectivity index (χ0n) is 11.5. The molecule has 0 spiro atoms. The molecule has 1 aromatic heterocycles. The van der Waals surface area contributed by atoms with Crippen molar-refractivity contribution >= 4 is 0 Å². The SMILES string of the molecule is Cc1nccc(CN2CC3CNCC3C2(C)C)n1. The Morgan fingerprint density at radius 1 is 1.44 bits per heavy atom. The molecule has 3 rings (SSSR count). The van der Waals surface area contributed by atoms with Crippen LogP contribution < -0.4 is 5.32 Å². The first-order valence-electron chi connectivity index (χ1n) is 6.81. The zero-order chi connectivity index (χ0) is 12.8. The minimum atomic E-state index is 0.271. The highest BCUT2D eigenvalue weighted by Gasteiger charge is 2.49. The van der Waals surface area contributed by atoms with Gasteiger partial charge in [-0.3, -0.25) is 4.90 Å². The average Bonchev–Trinajstić information content (AvgIpc) is 2.84. The molecule has 4 heteroatoms. The van der Waals surface area contributed by atoms with Crippen molar-refractivity contribution in [3.05, 3.63) is 23.8 Å². The van der Waals surface area contributed by atoms with Gasteiger partial charge in [-0.15, -0.1) is 0 Å². The molecule has 2 atom stereocenters. The van der Waals surface area contributed by atoms with Crippen LogP contribution in [0, 0.1) is 18.8 Å². The number of fused-ring (bicyclic) bond motifs is 1. The normalized spacial score (nSPS) is 30.6. The summed E-state index contributed by atoms with van der Waals surface area (Å²) < 4.78 is 0. The van der Waals surface area contributed by atoms with Crippen molar-refractivity contribution in [2.75, 3.05) is 19.6 Å². The largest absolute Gasteiger partial charge is 0.316 e. The Labute approximate surface area is 109 Å². The summed E-state index contributed by atoms with van der Waals surface area (Å²) in [4.78, 5) is 11.3. The summed E-state index contributed by atoms with van der Waals surface area (Å²) in [6.07, 6.45) is 1.86. The molecule has 0 aliphatic carbocycles. The molecule has 2 aliphatic heterocycles. The minimum absolute atomic E-state index is 0.271. The fraction of sp³-hybridized carbons (Fsp3) is 0.714. The second-order valence-electron chi connectivity index (χ2n) is 6.15. The number of hydrogen-bond donors (Lipinski definition) is 1. The van der Waals surface area contributed by atoms with Crippen LogP contribution in [0.3, 0.4) is 0 Å². The third-order valence-corrected chi connectivity index (χ3v) is 4.70. The van der Waals surface area contributed by atoms with Crippen molar-refractivity contribution in [3.63, 3.8) is 0 Å². The number of hydrogen-bond acceptors (Lipinski definition) is 4. The van der Waals surface area contributed by atoms with Gasteiger partial charge in [-0.2, -0.15) is 0 Å². The molecule has 0 radical (unpaired) electrons. The van der Waals surface area contributed by atoms with E-state index in [1.807, 2.05) is 19.2 Å². The van der Waals surface area contributed by atoms with Gasteiger partial charge >= 0.3 is 0 Å². The Bertz CT molecular complexity index is 443. The molecule has 1 aromatic rings. The van der Waals surface area contributed by atoms with E-state index in [0.29, 0.717) is 0 Å². The van der Waals surface area contributed by atoms with E-state index in [9.17, 15) is 0 Å². The van der Waals surface area contributed by atoms with E-state index in [1.165, 1.54) is 13.1 Å². The Morgan fingerprint density at radius 3 is 3.00 bits per heavy atom. The summed E-state index contributed by atoms with van der Waals surface area (Å²) in [5, 5.41) is 3.52. The first-order valence-corrected chi connectivity index (χ1v) is 6.81. The lowest BCUT2D eigenvalue weighted by atomic mass is 9.85. The highest BCUT2D eigenvalue weighted by atomic mass is 15.3. The standard InChI is InChI=1S/C14H22N4/c1-10-16-5-4-12(17-10)9-18-8-11-6-15-7-13(11)14(18,2)3/h4-5,11,13,15H,6-9H2,1-3H3. The van der Waals surface area contributed by atoms with E-state index in [-0.39, 0.29) is 5.54 Å². The van der Waals surface area contributed by atoms with E-state index < -0.39 is 0 Å². The lowest BCUT2D eigenvalue weighted by Gasteiger charge is -2.35. The average molecular weight is 246 g/mol. The van der Waals surface area contributed by atoms with E-state index in [4.69, 9.17) is 0 Å². The Kier molecular flexibility index (Phi) is 2.87. The van der Waals surface area contributed by atoms with E-state index in [1.54, 1.807) is 0 Å². The van der Waals surface area contributed by atoms with Crippen LogP contribution in [0.4, 0.5) is 0 Å². The number of rotatable bonds is 2. The Morgan fingerprint density at radius 2 is 2.28 bits per heavy atom. The van der Waals surface area contributed by atoms with Crippen molar-refractivity contribution < 1.29 is 0 Å². The lowest BCUT2D eigenvalue weighted by Crippen LogP contribution is -2.44. The monoisotopic (exact) mass is 246 g/mol. The highest BCUT2D eigenvalue weighted by molar-refractivity contribution is 5.08. The van der Waals surface area contributed by atoms with Crippen molar-refractivity contribution in [3.8, 4) is 0 Å². The van der Waals surface area contributed by atoms with Crippen molar-refractivity contribution in [1.82, 2.24) is 20.2 Å². The number of nitrogens with zero attached hydrogens (tertiary/aromatic N) is 3. The molecule has 3 heterocycles. The van der Waals surface area contributed by atoms with Gasteiger partial charge in [-0.05, 0) is 45.2 Å². The van der Waals surface area contributed by atoms with Gasteiger partial charge in [-0.25, -0.2) is 9.97 Å².